The van der Waals surface area contributed by atoms with Crippen molar-refractivity contribution in [1.29, 1.82) is 0 Å². The Bertz CT molecular complexity index is 546. The molecule has 1 heterocycles. The van der Waals surface area contributed by atoms with Crippen molar-refractivity contribution in [3.8, 4) is 0 Å². The lowest BCUT2D eigenvalue weighted by Crippen LogP contribution is -2.07. The minimum Gasteiger partial charge on any atom is -0.466 e. The Labute approximate surface area is 97.5 Å². The van der Waals surface area contributed by atoms with Crippen molar-refractivity contribution < 1.29 is 18.3 Å². The molecule has 1 atom stereocenters. The van der Waals surface area contributed by atoms with Crippen LogP contribution in [0.2, 0.25) is 0 Å². The van der Waals surface area contributed by atoms with E-state index in [1.807, 2.05) is 0 Å². The summed E-state index contributed by atoms with van der Waals surface area (Å²) in [6, 6.07) is 4.09. The third kappa shape index (κ3) is 1.96. The summed E-state index contributed by atoms with van der Waals surface area (Å²) in [7, 11) is 0. The smallest absolute Gasteiger partial charge is 0.143 e. The topological polar surface area (TPSA) is 33.4 Å². The zero-order chi connectivity index (χ0) is 12.6. The van der Waals surface area contributed by atoms with Crippen molar-refractivity contribution in [2.45, 2.75) is 20.0 Å². The van der Waals surface area contributed by atoms with Crippen molar-refractivity contribution >= 4 is 0 Å². The van der Waals surface area contributed by atoms with Crippen molar-refractivity contribution in [3.05, 3.63) is 58.5 Å². The van der Waals surface area contributed by atoms with Gasteiger partial charge < -0.3 is 9.52 Å². The number of aliphatic hydroxyl groups is 1. The second-order valence-corrected chi connectivity index (χ2v) is 3.96. The van der Waals surface area contributed by atoms with E-state index < -0.39 is 17.7 Å². The molecule has 0 fully saturated rings. The van der Waals surface area contributed by atoms with E-state index in [1.165, 1.54) is 19.3 Å². The van der Waals surface area contributed by atoms with Crippen molar-refractivity contribution in [2.24, 2.45) is 0 Å². The minimum atomic E-state index is -1.43. The van der Waals surface area contributed by atoms with E-state index in [0.29, 0.717) is 5.56 Å². The molecule has 0 saturated heterocycles. The van der Waals surface area contributed by atoms with Gasteiger partial charge in [-0.25, -0.2) is 8.78 Å². The Hall–Kier alpha value is -1.68. The molecule has 0 saturated carbocycles. The van der Waals surface area contributed by atoms with Gasteiger partial charge in [-0.3, -0.25) is 0 Å². The number of halogens is 2. The molecule has 17 heavy (non-hydrogen) atoms. The Balaban J connectivity index is 2.55. The van der Waals surface area contributed by atoms with E-state index >= 15 is 0 Å². The predicted molar refractivity (Wildman–Crippen MR) is 58.6 cm³/mol. The first kappa shape index (κ1) is 11.8. The van der Waals surface area contributed by atoms with Gasteiger partial charge in [0.25, 0.3) is 0 Å². The third-order valence-electron chi connectivity index (χ3n) is 2.74. The molecule has 0 aliphatic carbocycles. The molecule has 0 aliphatic rings. The van der Waals surface area contributed by atoms with Gasteiger partial charge in [0.15, 0.2) is 0 Å². The summed E-state index contributed by atoms with van der Waals surface area (Å²) in [5.41, 5.74) is 0.561. The van der Waals surface area contributed by atoms with E-state index in [4.69, 9.17) is 4.42 Å². The molecule has 0 spiro atoms. The van der Waals surface area contributed by atoms with E-state index in [-0.39, 0.29) is 16.9 Å². The highest BCUT2D eigenvalue weighted by Crippen LogP contribution is 2.30. The average Bonchev–Trinajstić information content (AvgIpc) is 2.70. The minimum absolute atomic E-state index is 0.161. The molecule has 4 heteroatoms. The van der Waals surface area contributed by atoms with Crippen LogP contribution in [0.5, 0.6) is 0 Å². The lowest BCUT2D eigenvalue weighted by Gasteiger charge is -2.13. The number of aryl methyl sites for hydroxylation is 2. The summed E-state index contributed by atoms with van der Waals surface area (Å²) in [6.45, 7) is 3.22. The number of benzene rings is 1. The Kier molecular flexibility index (Phi) is 2.98. The maximum atomic E-state index is 13.8. The molecule has 2 aromatic rings. The number of hydrogen-bond donors (Lipinski definition) is 1. The molecule has 0 radical (unpaired) electrons. The van der Waals surface area contributed by atoms with Crippen LogP contribution in [0.3, 0.4) is 0 Å². The standard InChI is InChI=1S/C13H12F2O2/c1-7-3-4-9(14)10(11(7)15)12(16)13-8(2)5-6-17-13/h3-6,12,16H,1-2H3. The lowest BCUT2D eigenvalue weighted by atomic mass is 10.0. The van der Waals surface area contributed by atoms with Gasteiger partial charge in [0.1, 0.15) is 23.5 Å². The van der Waals surface area contributed by atoms with E-state index in [1.54, 1.807) is 13.0 Å². The van der Waals surface area contributed by atoms with Crippen LogP contribution in [0.25, 0.3) is 0 Å². The summed E-state index contributed by atoms with van der Waals surface area (Å²) in [6.07, 6.45) is -0.0515. The average molecular weight is 238 g/mol. The van der Waals surface area contributed by atoms with E-state index in [2.05, 4.69) is 0 Å². The fourth-order valence-electron chi connectivity index (χ4n) is 1.72. The van der Waals surface area contributed by atoms with Gasteiger partial charge in [-0.2, -0.15) is 0 Å². The molecule has 90 valence electrons. The first-order chi connectivity index (χ1) is 8.02. The number of rotatable bonds is 2. The molecule has 0 bridgehead atoms. The van der Waals surface area contributed by atoms with Crippen LogP contribution in [0, 0.1) is 25.5 Å². The maximum Gasteiger partial charge on any atom is 0.143 e. The molecule has 2 nitrogen and oxygen atoms in total. The first-order valence-corrected chi connectivity index (χ1v) is 5.19. The summed E-state index contributed by atoms with van der Waals surface area (Å²) in [5, 5.41) is 9.97. The Morgan fingerprint density at radius 2 is 1.82 bits per heavy atom. The van der Waals surface area contributed by atoms with Crippen LogP contribution in [-0.2, 0) is 0 Å². The molecule has 1 N–H and O–H groups in total. The maximum absolute atomic E-state index is 13.8. The zero-order valence-corrected chi connectivity index (χ0v) is 9.50. The van der Waals surface area contributed by atoms with Crippen molar-refractivity contribution in [3.63, 3.8) is 0 Å². The third-order valence-corrected chi connectivity index (χ3v) is 2.74. The van der Waals surface area contributed by atoms with Crippen molar-refractivity contribution in [2.75, 3.05) is 0 Å². The summed E-state index contributed by atoms with van der Waals surface area (Å²) in [5.74, 6) is -1.36. The fraction of sp³-hybridized carbons (Fsp3) is 0.231. The number of furan rings is 1. The largest absolute Gasteiger partial charge is 0.466 e. The molecule has 2 rings (SSSR count). The molecular formula is C13H12F2O2. The highest BCUT2D eigenvalue weighted by atomic mass is 19.1. The second kappa shape index (κ2) is 4.30. The number of aliphatic hydroxyl groups excluding tert-OH is 1. The van der Waals surface area contributed by atoms with Gasteiger partial charge in [-0.15, -0.1) is 0 Å². The van der Waals surface area contributed by atoms with E-state index in [0.717, 1.165) is 6.07 Å². The molecule has 1 unspecified atom stereocenters. The van der Waals surface area contributed by atoms with Gasteiger partial charge in [0.05, 0.1) is 11.8 Å². The zero-order valence-electron chi connectivity index (χ0n) is 9.50. The van der Waals surface area contributed by atoms with Crippen LogP contribution in [0.15, 0.2) is 28.9 Å². The van der Waals surface area contributed by atoms with Gasteiger partial charge in [0.2, 0.25) is 0 Å². The summed E-state index contributed by atoms with van der Waals surface area (Å²) in [4.78, 5) is 0. The highest BCUT2D eigenvalue weighted by Gasteiger charge is 2.24. The van der Waals surface area contributed by atoms with Gasteiger partial charge >= 0.3 is 0 Å². The van der Waals surface area contributed by atoms with E-state index in [9.17, 15) is 13.9 Å². The first-order valence-electron chi connectivity index (χ1n) is 5.19. The van der Waals surface area contributed by atoms with Crippen LogP contribution in [0.1, 0.15) is 28.6 Å². The van der Waals surface area contributed by atoms with Crippen LogP contribution >= 0.6 is 0 Å². The van der Waals surface area contributed by atoms with Crippen LogP contribution in [0.4, 0.5) is 8.78 Å². The molecule has 0 amide bonds. The van der Waals surface area contributed by atoms with Crippen LogP contribution < -0.4 is 0 Å². The second-order valence-electron chi connectivity index (χ2n) is 3.96. The predicted octanol–water partition coefficient (Wildman–Crippen LogP) is 3.26. The fourth-order valence-corrected chi connectivity index (χ4v) is 1.72. The van der Waals surface area contributed by atoms with Gasteiger partial charge in [-0.05, 0) is 37.1 Å². The van der Waals surface area contributed by atoms with Crippen LogP contribution in [-0.4, -0.2) is 5.11 Å². The van der Waals surface area contributed by atoms with Gasteiger partial charge in [-0.1, -0.05) is 6.07 Å². The normalized spacial score (nSPS) is 12.8. The lowest BCUT2D eigenvalue weighted by molar-refractivity contribution is 0.178. The summed E-state index contributed by atoms with van der Waals surface area (Å²) >= 11 is 0. The monoisotopic (exact) mass is 238 g/mol. The molecule has 1 aromatic heterocycles. The quantitative estimate of drug-likeness (QED) is 0.871. The summed E-state index contributed by atoms with van der Waals surface area (Å²) < 4.78 is 32.4. The molecule has 1 aromatic carbocycles. The highest BCUT2D eigenvalue weighted by molar-refractivity contribution is 5.34. The number of hydrogen-bond acceptors (Lipinski definition) is 2. The molecule has 0 aliphatic heterocycles. The molecular weight excluding hydrogens is 226 g/mol. The Morgan fingerprint density at radius 1 is 1.12 bits per heavy atom. The van der Waals surface area contributed by atoms with Gasteiger partial charge in [0, 0.05) is 0 Å². The van der Waals surface area contributed by atoms with Crippen molar-refractivity contribution in [1.82, 2.24) is 0 Å². The Morgan fingerprint density at radius 3 is 2.41 bits per heavy atom. The SMILES string of the molecule is Cc1ccoc1C(O)c1c(F)ccc(C)c1F.